The summed E-state index contributed by atoms with van der Waals surface area (Å²) in [5.74, 6) is -0.750. The van der Waals surface area contributed by atoms with Crippen molar-refractivity contribution in [2.24, 2.45) is 0 Å². The van der Waals surface area contributed by atoms with E-state index < -0.39 is 10.8 Å². The molecule has 1 aromatic heterocycles. The molecule has 2 N–H and O–H groups in total. The second-order valence-corrected chi connectivity index (χ2v) is 7.75. The first-order chi connectivity index (χ1) is 15.7. The van der Waals surface area contributed by atoms with Crippen molar-refractivity contribution in [2.75, 3.05) is 11.1 Å². The molecule has 0 saturated heterocycles. The average Bonchev–Trinajstić information content (AvgIpc) is 3.24. The highest BCUT2D eigenvalue weighted by molar-refractivity contribution is 7.99. The van der Waals surface area contributed by atoms with Gasteiger partial charge in [-0.3, -0.25) is 24.5 Å². The Bertz CT molecular complexity index is 1210. The van der Waals surface area contributed by atoms with Gasteiger partial charge in [-0.05, 0) is 44.2 Å². The van der Waals surface area contributed by atoms with Gasteiger partial charge in [0.05, 0.1) is 17.2 Å². The molecule has 0 fully saturated rings. The van der Waals surface area contributed by atoms with E-state index in [9.17, 15) is 24.5 Å². The third kappa shape index (κ3) is 6.23. The number of nitro groups is 1. The molecule has 0 aliphatic rings. The van der Waals surface area contributed by atoms with Gasteiger partial charge in [-0.15, -0.1) is 10.2 Å². The van der Waals surface area contributed by atoms with Crippen LogP contribution in [0.25, 0.3) is 0 Å². The number of nitrogens with one attached hydrogen (secondary N) is 2. The van der Waals surface area contributed by atoms with Crippen LogP contribution in [0, 0.1) is 17.0 Å². The lowest BCUT2D eigenvalue weighted by Crippen LogP contribution is -2.24. The van der Waals surface area contributed by atoms with Gasteiger partial charge in [0.2, 0.25) is 11.8 Å². The zero-order valence-corrected chi connectivity index (χ0v) is 18.5. The highest BCUT2D eigenvalue weighted by atomic mass is 32.2. The predicted molar refractivity (Wildman–Crippen MR) is 119 cm³/mol. The Labute approximate surface area is 192 Å². The standard InChI is InChI=1S/C21H19N5O6S/c1-12-16(4-3-5-17(12)26(30)31)20(29)22-10-19-24-25-21(32-19)33-11-18(28)23-15-8-6-14(7-9-15)13(2)27/h3-9H,10-11H2,1-2H3,(H,22,29)(H,23,28). The highest BCUT2D eigenvalue weighted by Crippen LogP contribution is 2.21. The van der Waals surface area contributed by atoms with E-state index in [1.54, 1.807) is 24.3 Å². The molecule has 0 atom stereocenters. The van der Waals surface area contributed by atoms with Crippen molar-refractivity contribution in [1.82, 2.24) is 15.5 Å². The zero-order chi connectivity index (χ0) is 24.0. The van der Waals surface area contributed by atoms with Gasteiger partial charge in [0.1, 0.15) is 0 Å². The maximum atomic E-state index is 12.4. The van der Waals surface area contributed by atoms with Crippen molar-refractivity contribution in [3.63, 3.8) is 0 Å². The number of nitrogens with zero attached hydrogens (tertiary/aromatic N) is 3. The van der Waals surface area contributed by atoms with E-state index in [1.807, 2.05) is 0 Å². The van der Waals surface area contributed by atoms with E-state index >= 15 is 0 Å². The topological polar surface area (TPSA) is 157 Å². The van der Waals surface area contributed by atoms with Crippen molar-refractivity contribution in [3.05, 3.63) is 75.2 Å². The first kappa shape index (κ1) is 23.6. The second kappa shape index (κ2) is 10.5. The SMILES string of the molecule is CC(=O)c1ccc(NC(=O)CSc2nnc(CNC(=O)c3cccc([N+](=O)[O-])c3C)o2)cc1. The second-order valence-electron chi connectivity index (χ2n) is 6.82. The Morgan fingerprint density at radius 3 is 2.52 bits per heavy atom. The number of thioether (sulfide) groups is 1. The molecular formula is C21H19N5O6S. The fourth-order valence-electron chi connectivity index (χ4n) is 2.80. The molecule has 3 aromatic rings. The van der Waals surface area contributed by atoms with Gasteiger partial charge in [0, 0.05) is 28.4 Å². The average molecular weight is 469 g/mol. The number of nitro benzene ring substituents is 1. The van der Waals surface area contributed by atoms with Crippen LogP contribution in [-0.4, -0.2) is 38.5 Å². The van der Waals surface area contributed by atoms with Gasteiger partial charge in [-0.25, -0.2) is 0 Å². The van der Waals surface area contributed by atoms with Crippen LogP contribution in [-0.2, 0) is 11.3 Å². The first-order valence-electron chi connectivity index (χ1n) is 9.63. The summed E-state index contributed by atoms with van der Waals surface area (Å²) in [5, 5.41) is 24.1. The summed E-state index contributed by atoms with van der Waals surface area (Å²) in [6, 6.07) is 10.8. The molecule has 0 spiro atoms. The molecular weight excluding hydrogens is 450 g/mol. The first-order valence-corrected chi connectivity index (χ1v) is 10.6. The predicted octanol–water partition coefficient (Wildman–Crippen LogP) is 3.15. The summed E-state index contributed by atoms with van der Waals surface area (Å²) >= 11 is 1.02. The fourth-order valence-corrected chi connectivity index (χ4v) is 3.38. The van der Waals surface area contributed by atoms with Crippen molar-refractivity contribution in [2.45, 2.75) is 25.6 Å². The number of hydrogen-bond donors (Lipinski definition) is 2. The summed E-state index contributed by atoms with van der Waals surface area (Å²) < 4.78 is 5.41. The van der Waals surface area contributed by atoms with Crippen LogP contribution >= 0.6 is 11.8 Å². The normalized spacial score (nSPS) is 10.5. The number of carbonyl (C=O) groups is 3. The number of anilines is 1. The van der Waals surface area contributed by atoms with Gasteiger partial charge in [-0.2, -0.15) is 0 Å². The Hall–Kier alpha value is -4.06. The largest absolute Gasteiger partial charge is 0.414 e. The minimum atomic E-state index is -0.551. The van der Waals surface area contributed by atoms with Gasteiger partial charge in [-0.1, -0.05) is 17.8 Å². The van der Waals surface area contributed by atoms with Crippen LogP contribution in [0.3, 0.4) is 0 Å². The van der Waals surface area contributed by atoms with Crippen LogP contribution < -0.4 is 10.6 Å². The third-order valence-corrected chi connectivity index (χ3v) is 5.32. The lowest BCUT2D eigenvalue weighted by atomic mass is 10.1. The molecule has 12 heteroatoms. The smallest absolute Gasteiger partial charge is 0.277 e. The number of benzene rings is 2. The van der Waals surface area contributed by atoms with Gasteiger partial charge in [0.25, 0.3) is 16.8 Å². The van der Waals surface area contributed by atoms with Gasteiger partial charge >= 0.3 is 0 Å². The summed E-state index contributed by atoms with van der Waals surface area (Å²) in [6.07, 6.45) is 0. The van der Waals surface area contributed by atoms with Crippen LogP contribution in [0.15, 0.2) is 52.1 Å². The van der Waals surface area contributed by atoms with Crippen LogP contribution in [0.4, 0.5) is 11.4 Å². The molecule has 170 valence electrons. The Balaban J connectivity index is 1.49. The molecule has 0 unspecified atom stereocenters. The molecule has 0 radical (unpaired) electrons. The van der Waals surface area contributed by atoms with E-state index in [0.717, 1.165) is 11.8 Å². The van der Waals surface area contributed by atoms with E-state index in [4.69, 9.17) is 4.42 Å². The molecule has 1 heterocycles. The van der Waals surface area contributed by atoms with Gasteiger partial charge in [0.15, 0.2) is 5.78 Å². The summed E-state index contributed by atoms with van der Waals surface area (Å²) in [4.78, 5) is 46.2. The lowest BCUT2D eigenvalue weighted by Gasteiger charge is -2.06. The number of Topliss-reactive ketones (excluding diaryl/α,β-unsaturated/α-hetero) is 1. The molecule has 3 rings (SSSR count). The molecule has 0 aliphatic carbocycles. The number of rotatable bonds is 9. The summed E-state index contributed by atoms with van der Waals surface area (Å²) in [5.41, 5.74) is 1.38. The van der Waals surface area contributed by atoms with Crippen molar-refractivity contribution in [1.29, 1.82) is 0 Å². The third-order valence-electron chi connectivity index (χ3n) is 4.50. The summed E-state index contributed by atoms with van der Waals surface area (Å²) in [6.45, 7) is 2.88. The van der Waals surface area contributed by atoms with Gasteiger partial charge < -0.3 is 15.1 Å². The fraction of sp³-hybridized carbons (Fsp3) is 0.190. The molecule has 11 nitrogen and oxygen atoms in total. The molecule has 0 saturated carbocycles. The van der Waals surface area contributed by atoms with Crippen LogP contribution in [0.2, 0.25) is 0 Å². The zero-order valence-electron chi connectivity index (χ0n) is 17.7. The van der Waals surface area contributed by atoms with E-state index in [2.05, 4.69) is 20.8 Å². The Morgan fingerprint density at radius 2 is 1.85 bits per heavy atom. The Morgan fingerprint density at radius 1 is 1.12 bits per heavy atom. The quantitative estimate of drug-likeness (QED) is 0.208. The van der Waals surface area contributed by atoms with Crippen molar-refractivity contribution >= 4 is 40.7 Å². The molecule has 2 amide bonds. The van der Waals surface area contributed by atoms with E-state index in [0.29, 0.717) is 11.3 Å². The van der Waals surface area contributed by atoms with Crippen molar-refractivity contribution in [3.8, 4) is 0 Å². The monoisotopic (exact) mass is 469 g/mol. The number of carbonyl (C=O) groups excluding carboxylic acids is 3. The minimum Gasteiger partial charge on any atom is -0.414 e. The van der Waals surface area contributed by atoms with Crippen molar-refractivity contribution < 1.29 is 23.7 Å². The minimum absolute atomic E-state index is 0.00926. The molecule has 2 aromatic carbocycles. The van der Waals surface area contributed by atoms with Crippen LogP contribution in [0.5, 0.6) is 0 Å². The molecule has 0 bridgehead atoms. The number of aromatic nitrogens is 2. The highest BCUT2D eigenvalue weighted by Gasteiger charge is 2.18. The maximum absolute atomic E-state index is 12.4. The molecule has 0 aliphatic heterocycles. The van der Waals surface area contributed by atoms with E-state index in [-0.39, 0.29) is 51.9 Å². The van der Waals surface area contributed by atoms with E-state index in [1.165, 1.54) is 32.0 Å². The summed E-state index contributed by atoms with van der Waals surface area (Å²) in [7, 11) is 0. The maximum Gasteiger partial charge on any atom is 0.277 e. The number of hydrogen-bond acceptors (Lipinski definition) is 9. The number of ketones is 1. The van der Waals surface area contributed by atoms with Crippen LogP contribution in [0.1, 0.15) is 39.1 Å². The lowest BCUT2D eigenvalue weighted by molar-refractivity contribution is -0.385. The number of amides is 2. The molecule has 33 heavy (non-hydrogen) atoms. The Kier molecular flexibility index (Phi) is 7.51.